The van der Waals surface area contributed by atoms with Gasteiger partial charge in [0.1, 0.15) is 0 Å². The summed E-state index contributed by atoms with van der Waals surface area (Å²) in [5.74, 6) is 0. The SMILES string of the molecule is CCN(CC)CCC[n+]1c(-c2ccccc2)c2cc(N)ccc2c2ccc(N)cc21. The summed E-state index contributed by atoms with van der Waals surface area (Å²) in [6, 6.07) is 23.1. The first-order valence-corrected chi connectivity index (χ1v) is 10.8. The summed E-state index contributed by atoms with van der Waals surface area (Å²) in [5.41, 5.74) is 17.6. The molecular formula is C26H31N4+. The van der Waals surface area contributed by atoms with E-state index in [-0.39, 0.29) is 0 Å². The summed E-state index contributed by atoms with van der Waals surface area (Å²) in [4.78, 5) is 2.47. The molecule has 0 spiro atoms. The van der Waals surface area contributed by atoms with Crippen LogP contribution >= 0.6 is 0 Å². The number of fused-ring (bicyclic) bond motifs is 3. The maximum atomic E-state index is 6.23. The van der Waals surface area contributed by atoms with Crippen molar-refractivity contribution in [2.24, 2.45) is 0 Å². The van der Waals surface area contributed by atoms with Gasteiger partial charge in [-0.15, -0.1) is 0 Å². The molecule has 1 aromatic heterocycles. The normalized spacial score (nSPS) is 11.6. The Morgan fingerprint density at radius 3 is 2.13 bits per heavy atom. The molecule has 0 bridgehead atoms. The molecule has 4 rings (SSSR count). The van der Waals surface area contributed by atoms with Crippen LogP contribution in [0, 0.1) is 0 Å². The molecule has 4 aromatic rings. The third-order valence-electron chi connectivity index (χ3n) is 5.97. The van der Waals surface area contributed by atoms with Crippen LogP contribution in [-0.2, 0) is 6.54 Å². The van der Waals surface area contributed by atoms with Crippen LogP contribution in [0.4, 0.5) is 11.4 Å². The van der Waals surface area contributed by atoms with Crippen LogP contribution in [0.5, 0.6) is 0 Å². The van der Waals surface area contributed by atoms with Gasteiger partial charge in [0.25, 0.3) is 0 Å². The number of pyridine rings is 1. The zero-order valence-corrected chi connectivity index (χ0v) is 17.9. The Hall–Kier alpha value is -3.11. The average molecular weight is 400 g/mol. The van der Waals surface area contributed by atoms with E-state index >= 15 is 0 Å². The Morgan fingerprint density at radius 2 is 1.43 bits per heavy atom. The molecule has 3 aromatic carbocycles. The molecule has 1 heterocycles. The zero-order chi connectivity index (χ0) is 21.1. The van der Waals surface area contributed by atoms with E-state index in [9.17, 15) is 0 Å². The van der Waals surface area contributed by atoms with Gasteiger partial charge in [-0.1, -0.05) is 38.1 Å². The number of hydrogen-bond donors (Lipinski definition) is 2. The summed E-state index contributed by atoms with van der Waals surface area (Å²) in [6.45, 7) is 8.60. The van der Waals surface area contributed by atoms with E-state index in [1.165, 1.54) is 32.9 Å². The van der Waals surface area contributed by atoms with Crippen molar-refractivity contribution in [2.75, 3.05) is 31.1 Å². The van der Waals surface area contributed by atoms with Crippen molar-refractivity contribution in [2.45, 2.75) is 26.8 Å². The van der Waals surface area contributed by atoms with Gasteiger partial charge in [0.2, 0.25) is 11.2 Å². The molecule has 0 radical (unpaired) electrons. The Labute approximate surface area is 178 Å². The Bertz CT molecular complexity index is 1160. The molecular weight excluding hydrogens is 368 g/mol. The Morgan fingerprint density at radius 1 is 0.767 bits per heavy atom. The molecule has 0 aliphatic carbocycles. The summed E-state index contributed by atoms with van der Waals surface area (Å²) in [5, 5.41) is 3.60. The number of nitrogens with two attached hydrogens (primary N) is 2. The molecule has 30 heavy (non-hydrogen) atoms. The molecule has 0 unspecified atom stereocenters. The maximum absolute atomic E-state index is 6.23. The third kappa shape index (κ3) is 3.83. The smallest absolute Gasteiger partial charge is 0.220 e. The van der Waals surface area contributed by atoms with Crippen molar-refractivity contribution in [3.05, 3.63) is 66.7 Å². The number of nitrogen functional groups attached to an aromatic ring is 2. The first kappa shape index (κ1) is 20.2. The van der Waals surface area contributed by atoms with Crippen LogP contribution in [0.1, 0.15) is 20.3 Å². The van der Waals surface area contributed by atoms with Gasteiger partial charge in [-0.05, 0) is 49.5 Å². The minimum Gasteiger partial charge on any atom is -0.399 e. The maximum Gasteiger partial charge on any atom is 0.220 e. The summed E-state index contributed by atoms with van der Waals surface area (Å²) >= 11 is 0. The number of benzene rings is 3. The zero-order valence-electron chi connectivity index (χ0n) is 17.9. The number of aryl methyl sites for hydroxylation is 1. The summed E-state index contributed by atoms with van der Waals surface area (Å²) in [6.07, 6.45) is 1.07. The van der Waals surface area contributed by atoms with Gasteiger partial charge in [0.15, 0.2) is 6.54 Å². The molecule has 4 N–H and O–H groups in total. The van der Waals surface area contributed by atoms with Crippen molar-refractivity contribution < 1.29 is 4.57 Å². The lowest BCUT2D eigenvalue weighted by atomic mass is 9.98. The van der Waals surface area contributed by atoms with Crippen molar-refractivity contribution in [3.8, 4) is 11.3 Å². The lowest BCUT2D eigenvalue weighted by Crippen LogP contribution is -2.39. The second-order valence-corrected chi connectivity index (χ2v) is 7.83. The van der Waals surface area contributed by atoms with Crippen molar-refractivity contribution in [1.82, 2.24) is 4.90 Å². The lowest BCUT2D eigenvalue weighted by molar-refractivity contribution is -0.659. The van der Waals surface area contributed by atoms with E-state index in [0.29, 0.717) is 0 Å². The minimum atomic E-state index is 0.782. The van der Waals surface area contributed by atoms with Crippen molar-refractivity contribution in [1.29, 1.82) is 0 Å². The van der Waals surface area contributed by atoms with E-state index in [2.05, 4.69) is 77.9 Å². The molecule has 0 amide bonds. The fraction of sp³-hybridized carbons (Fsp3) is 0.269. The quantitative estimate of drug-likeness (QED) is 0.265. The standard InChI is InChI=1S/C26H30N4/c1-3-29(4-2)15-8-16-30-25-18-21(28)12-14-23(25)22-13-11-20(27)17-24(22)26(30)19-9-6-5-7-10-19/h5-7,9-14,17-18,28H,3-4,8,15-16,27H2,1-2H3/p+1. The molecule has 0 fully saturated rings. The lowest BCUT2D eigenvalue weighted by Gasteiger charge is -2.18. The van der Waals surface area contributed by atoms with Gasteiger partial charge in [-0.3, -0.25) is 0 Å². The monoisotopic (exact) mass is 399 g/mol. The van der Waals surface area contributed by atoms with Crippen molar-refractivity contribution in [3.63, 3.8) is 0 Å². The topological polar surface area (TPSA) is 59.2 Å². The molecule has 4 heteroatoms. The van der Waals surface area contributed by atoms with Crippen LogP contribution in [0.3, 0.4) is 0 Å². The van der Waals surface area contributed by atoms with E-state index in [1.807, 2.05) is 12.1 Å². The molecule has 0 atom stereocenters. The van der Waals surface area contributed by atoms with E-state index in [4.69, 9.17) is 11.5 Å². The number of nitrogens with zero attached hydrogens (tertiary/aromatic N) is 2. The number of aromatic nitrogens is 1. The second-order valence-electron chi connectivity index (χ2n) is 7.83. The van der Waals surface area contributed by atoms with Gasteiger partial charge in [-0.2, -0.15) is 4.57 Å². The van der Waals surface area contributed by atoms with Crippen LogP contribution in [-0.4, -0.2) is 24.5 Å². The first-order valence-electron chi connectivity index (χ1n) is 10.8. The summed E-state index contributed by atoms with van der Waals surface area (Å²) in [7, 11) is 0. The molecule has 0 saturated heterocycles. The summed E-state index contributed by atoms with van der Waals surface area (Å²) < 4.78 is 2.44. The number of hydrogen-bond acceptors (Lipinski definition) is 3. The van der Waals surface area contributed by atoms with Gasteiger partial charge in [0, 0.05) is 41.4 Å². The molecule has 0 aliphatic rings. The molecule has 0 aliphatic heterocycles. The highest BCUT2D eigenvalue weighted by molar-refractivity contribution is 6.10. The largest absolute Gasteiger partial charge is 0.399 e. The van der Waals surface area contributed by atoms with E-state index in [0.717, 1.165) is 44.0 Å². The molecule has 154 valence electrons. The first-order chi connectivity index (χ1) is 14.6. The van der Waals surface area contributed by atoms with Gasteiger partial charge >= 0.3 is 0 Å². The average Bonchev–Trinajstić information content (AvgIpc) is 2.77. The van der Waals surface area contributed by atoms with Crippen LogP contribution in [0.15, 0.2) is 66.7 Å². The van der Waals surface area contributed by atoms with Crippen molar-refractivity contribution >= 4 is 33.1 Å². The highest BCUT2D eigenvalue weighted by Crippen LogP contribution is 2.33. The van der Waals surface area contributed by atoms with Gasteiger partial charge in [-0.25, -0.2) is 0 Å². The number of rotatable bonds is 7. The third-order valence-corrected chi connectivity index (χ3v) is 5.97. The second kappa shape index (κ2) is 8.72. The highest BCUT2D eigenvalue weighted by Gasteiger charge is 2.23. The number of anilines is 2. The van der Waals surface area contributed by atoms with Crippen LogP contribution < -0.4 is 16.0 Å². The predicted molar refractivity (Wildman–Crippen MR) is 128 cm³/mol. The molecule has 4 nitrogen and oxygen atoms in total. The van der Waals surface area contributed by atoms with E-state index < -0.39 is 0 Å². The van der Waals surface area contributed by atoms with Crippen LogP contribution in [0.25, 0.3) is 32.9 Å². The Kier molecular flexibility index (Phi) is 5.86. The van der Waals surface area contributed by atoms with Gasteiger partial charge < -0.3 is 16.4 Å². The van der Waals surface area contributed by atoms with Gasteiger partial charge in [0.05, 0.1) is 10.8 Å². The highest BCUT2D eigenvalue weighted by atomic mass is 15.1. The van der Waals surface area contributed by atoms with Crippen LogP contribution in [0.2, 0.25) is 0 Å². The van der Waals surface area contributed by atoms with E-state index in [1.54, 1.807) is 0 Å². The molecule has 0 saturated carbocycles. The Balaban J connectivity index is 1.98. The minimum absolute atomic E-state index is 0.782. The fourth-order valence-corrected chi connectivity index (χ4v) is 4.39. The predicted octanol–water partition coefficient (Wildman–Crippen LogP) is 4.84. The fourth-order valence-electron chi connectivity index (χ4n) is 4.39.